The Morgan fingerprint density at radius 1 is 1.50 bits per heavy atom. The maximum Gasteiger partial charge on any atom is 0.296 e. The highest BCUT2D eigenvalue weighted by atomic mass is 32.1. The summed E-state index contributed by atoms with van der Waals surface area (Å²) in [5.41, 5.74) is 0.668. The van der Waals surface area contributed by atoms with Gasteiger partial charge in [-0.1, -0.05) is 29.8 Å². The molecule has 1 amide bonds. The molecule has 0 saturated heterocycles. The summed E-state index contributed by atoms with van der Waals surface area (Å²) in [5.74, 6) is -0.174. The molecule has 2 rings (SSSR count). The largest absolute Gasteiger partial charge is 0.351 e. The van der Waals surface area contributed by atoms with Crippen LogP contribution in [0.3, 0.4) is 0 Å². The van der Waals surface area contributed by atoms with Crippen LogP contribution in [0.25, 0.3) is 0 Å². The van der Waals surface area contributed by atoms with Crippen LogP contribution in [0.1, 0.15) is 41.0 Å². The zero-order valence-corrected chi connectivity index (χ0v) is 11.1. The Kier molecular flexibility index (Phi) is 4.03. The molecule has 2 aromatic heterocycles. The lowest BCUT2D eigenvalue weighted by molar-refractivity contribution is 0.0988. The van der Waals surface area contributed by atoms with Crippen LogP contribution in [-0.4, -0.2) is 21.3 Å². The zero-order chi connectivity index (χ0) is 13.0. The predicted octanol–water partition coefficient (Wildman–Crippen LogP) is 2.43. The van der Waals surface area contributed by atoms with E-state index >= 15 is 0 Å². The average molecular weight is 266 g/mol. The van der Waals surface area contributed by atoms with E-state index < -0.39 is 0 Å². The average Bonchev–Trinajstić information content (AvgIpc) is 2.96. The fourth-order valence-electron chi connectivity index (χ4n) is 1.36. The third kappa shape index (κ3) is 3.13. The molecule has 6 nitrogen and oxygen atoms in total. The van der Waals surface area contributed by atoms with Gasteiger partial charge in [0.15, 0.2) is 0 Å². The van der Waals surface area contributed by atoms with Crippen molar-refractivity contribution < 1.29 is 9.32 Å². The molecule has 7 heteroatoms. The number of hydrogen-bond acceptors (Lipinski definition) is 6. The number of carbonyl (C=O) groups excluding carboxylic acids is 1. The fraction of sp³-hybridized carbons (Fsp3) is 0.455. The monoisotopic (exact) mass is 266 g/mol. The van der Waals surface area contributed by atoms with Crippen LogP contribution >= 0.6 is 11.3 Å². The molecule has 0 aliphatic heterocycles. The van der Waals surface area contributed by atoms with Crippen LogP contribution in [0.5, 0.6) is 0 Å². The van der Waals surface area contributed by atoms with Gasteiger partial charge in [0, 0.05) is 12.5 Å². The van der Waals surface area contributed by atoms with Crippen molar-refractivity contribution in [2.75, 3.05) is 5.32 Å². The van der Waals surface area contributed by atoms with Crippen molar-refractivity contribution in [3.63, 3.8) is 0 Å². The van der Waals surface area contributed by atoms with E-state index in [2.05, 4.69) is 27.6 Å². The molecule has 96 valence electrons. The van der Waals surface area contributed by atoms with Gasteiger partial charge in [-0.05, 0) is 13.3 Å². The predicted molar refractivity (Wildman–Crippen MR) is 67.7 cm³/mol. The van der Waals surface area contributed by atoms with E-state index in [1.165, 1.54) is 11.3 Å². The highest BCUT2D eigenvalue weighted by Crippen LogP contribution is 2.18. The summed E-state index contributed by atoms with van der Waals surface area (Å²) in [4.78, 5) is 11.7. The molecule has 2 heterocycles. The van der Waals surface area contributed by atoms with Crippen molar-refractivity contribution in [3.8, 4) is 0 Å². The first-order chi connectivity index (χ1) is 8.69. The number of hydrogen-bond donors (Lipinski definition) is 1. The molecule has 0 aromatic carbocycles. The molecule has 0 aliphatic carbocycles. The Hall–Kier alpha value is -1.76. The lowest BCUT2D eigenvalue weighted by Crippen LogP contribution is -2.10. The molecule has 2 aromatic rings. The number of aromatic nitrogens is 3. The third-order valence-corrected chi connectivity index (χ3v) is 3.18. The Morgan fingerprint density at radius 2 is 2.33 bits per heavy atom. The Morgan fingerprint density at radius 3 is 3.00 bits per heavy atom. The highest BCUT2D eigenvalue weighted by molar-refractivity contribution is 7.15. The maximum absolute atomic E-state index is 11.7. The van der Waals surface area contributed by atoms with Gasteiger partial charge < -0.3 is 4.52 Å². The van der Waals surface area contributed by atoms with Gasteiger partial charge >= 0.3 is 0 Å². The van der Waals surface area contributed by atoms with Crippen LogP contribution in [0.4, 0.5) is 5.13 Å². The molecule has 0 aliphatic rings. The molecule has 0 bridgehead atoms. The SMILES string of the molecule is CCCCc1nnc(NC(=O)c2cc(C)no2)s1. The van der Waals surface area contributed by atoms with Crippen LogP contribution in [0.15, 0.2) is 10.6 Å². The summed E-state index contributed by atoms with van der Waals surface area (Å²) in [6.07, 6.45) is 3.08. The second-order valence-electron chi connectivity index (χ2n) is 3.89. The number of rotatable bonds is 5. The zero-order valence-electron chi connectivity index (χ0n) is 10.3. The minimum Gasteiger partial charge on any atom is -0.351 e. The van der Waals surface area contributed by atoms with Crippen molar-refractivity contribution in [2.24, 2.45) is 0 Å². The lowest BCUT2D eigenvalue weighted by Gasteiger charge is -1.94. The molecular formula is C11H14N4O2S. The molecule has 0 unspecified atom stereocenters. The van der Waals surface area contributed by atoms with E-state index in [0.29, 0.717) is 10.8 Å². The number of amides is 1. The van der Waals surface area contributed by atoms with E-state index in [-0.39, 0.29) is 11.7 Å². The molecule has 0 atom stereocenters. The number of nitrogens with zero attached hydrogens (tertiary/aromatic N) is 3. The summed E-state index contributed by atoms with van der Waals surface area (Å²) in [6.45, 7) is 3.88. The Labute approximate surface area is 108 Å². The third-order valence-electron chi connectivity index (χ3n) is 2.28. The number of anilines is 1. The van der Waals surface area contributed by atoms with E-state index in [0.717, 1.165) is 24.3 Å². The second-order valence-corrected chi connectivity index (χ2v) is 4.95. The van der Waals surface area contributed by atoms with Crippen LogP contribution in [0.2, 0.25) is 0 Å². The standard InChI is InChI=1S/C11H14N4O2S/c1-3-4-5-9-13-14-11(18-9)12-10(16)8-6-7(2)15-17-8/h6H,3-5H2,1-2H3,(H,12,14,16). The molecule has 1 N–H and O–H groups in total. The quantitative estimate of drug-likeness (QED) is 0.898. The van der Waals surface area contributed by atoms with Gasteiger partial charge in [0.05, 0.1) is 5.69 Å². The van der Waals surface area contributed by atoms with E-state index in [9.17, 15) is 4.79 Å². The summed E-state index contributed by atoms with van der Waals surface area (Å²) in [5, 5.41) is 15.6. The number of nitrogens with one attached hydrogen (secondary N) is 1. The van der Waals surface area contributed by atoms with Crippen LogP contribution in [-0.2, 0) is 6.42 Å². The summed E-state index contributed by atoms with van der Waals surface area (Å²) >= 11 is 1.39. The van der Waals surface area contributed by atoms with Crippen LogP contribution < -0.4 is 5.32 Å². The minimum absolute atomic E-state index is 0.179. The summed E-state index contributed by atoms with van der Waals surface area (Å²) < 4.78 is 4.86. The molecule has 18 heavy (non-hydrogen) atoms. The van der Waals surface area contributed by atoms with Gasteiger partial charge in [0.25, 0.3) is 5.91 Å². The van der Waals surface area contributed by atoms with Gasteiger partial charge in [-0.3, -0.25) is 10.1 Å². The van der Waals surface area contributed by atoms with Gasteiger partial charge in [-0.15, -0.1) is 10.2 Å². The second kappa shape index (κ2) is 5.72. The van der Waals surface area contributed by atoms with Crippen molar-refractivity contribution in [3.05, 3.63) is 22.5 Å². The van der Waals surface area contributed by atoms with Crippen molar-refractivity contribution >= 4 is 22.4 Å². The molecular weight excluding hydrogens is 252 g/mol. The normalized spacial score (nSPS) is 10.6. The Balaban J connectivity index is 1.97. The smallest absolute Gasteiger partial charge is 0.296 e. The molecule has 0 radical (unpaired) electrons. The first-order valence-corrected chi connectivity index (χ1v) is 6.57. The van der Waals surface area contributed by atoms with E-state index in [4.69, 9.17) is 4.52 Å². The number of carbonyl (C=O) groups is 1. The van der Waals surface area contributed by atoms with E-state index in [1.807, 2.05) is 0 Å². The molecule has 0 fully saturated rings. The topological polar surface area (TPSA) is 80.9 Å². The lowest BCUT2D eigenvalue weighted by atomic mass is 10.3. The first kappa shape index (κ1) is 12.7. The van der Waals surface area contributed by atoms with Crippen molar-refractivity contribution in [1.82, 2.24) is 15.4 Å². The molecule has 0 spiro atoms. The van der Waals surface area contributed by atoms with Crippen molar-refractivity contribution in [1.29, 1.82) is 0 Å². The summed E-state index contributed by atoms with van der Waals surface area (Å²) in [7, 11) is 0. The molecule has 0 saturated carbocycles. The summed E-state index contributed by atoms with van der Waals surface area (Å²) in [6, 6.07) is 1.58. The van der Waals surface area contributed by atoms with Gasteiger partial charge in [-0.25, -0.2) is 0 Å². The fourth-order valence-corrected chi connectivity index (χ4v) is 2.14. The number of aryl methyl sites for hydroxylation is 2. The van der Waals surface area contributed by atoms with E-state index in [1.54, 1.807) is 13.0 Å². The first-order valence-electron chi connectivity index (χ1n) is 5.76. The minimum atomic E-state index is -0.353. The number of unbranched alkanes of at least 4 members (excludes halogenated alkanes) is 1. The van der Waals surface area contributed by atoms with Gasteiger partial charge in [0.1, 0.15) is 5.01 Å². The maximum atomic E-state index is 11.7. The van der Waals surface area contributed by atoms with Crippen LogP contribution in [0, 0.1) is 6.92 Å². The van der Waals surface area contributed by atoms with Gasteiger partial charge in [0.2, 0.25) is 10.9 Å². The Bertz CT molecular complexity index is 535. The highest BCUT2D eigenvalue weighted by Gasteiger charge is 2.14. The van der Waals surface area contributed by atoms with Crippen molar-refractivity contribution in [2.45, 2.75) is 33.1 Å². The van der Waals surface area contributed by atoms with Gasteiger partial charge in [-0.2, -0.15) is 0 Å².